The van der Waals surface area contributed by atoms with Crippen molar-refractivity contribution in [2.24, 2.45) is 0 Å². The zero-order valence-electron chi connectivity index (χ0n) is 17.2. The van der Waals surface area contributed by atoms with Crippen LogP contribution in [0.4, 0.5) is 0 Å². The molecular weight excluding hydrogens is 438 g/mol. The van der Waals surface area contributed by atoms with E-state index in [2.05, 4.69) is 25.3 Å². The number of aromatic amines is 1. The molecule has 6 rings (SSSR count). The molecule has 0 amide bonds. The van der Waals surface area contributed by atoms with Gasteiger partial charge in [-0.05, 0) is 36.4 Å². The highest BCUT2D eigenvalue weighted by atomic mass is 32.2. The SMILES string of the molecule is O=S(=O)(c1ccccc1)n1cc(Cn2cc(-c3c[nH]c4ncccc34)nn2)c2cccnc21. The van der Waals surface area contributed by atoms with Gasteiger partial charge in [0.1, 0.15) is 11.3 Å². The lowest BCUT2D eigenvalue weighted by Crippen LogP contribution is -2.12. The maximum absolute atomic E-state index is 13.3. The van der Waals surface area contributed by atoms with E-state index in [0.29, 0.717) is 17.9 Å². The second-order valence-electron chi connectivity index (χ2n) is 7.55. The topological polar surface area (TPSA) is 111 Å². The van der Waals surface area contributed by atoms with Gasteiger partial charge in [-0.15, -0.1) is 5.10 Å². The molecule has 33 heavy (non-hydrogen) atoms. The molecule has 0 aliphatic carbocycles. The molecule has 6 aromatic rings. The number of hydrogen-bond donors (Lipinski definition) is 1. The van der Waals surface area contributed by atoms with E-state index in [0.717, 1.165) is 27.5 Å². The van der Waals surface area contributed by atoms with Crippen molar-refractivity contribution in [1.82, 2.24) is 33.9 Å². The van der Waals surface area contributed by atoms with Crippen LogP contribution in [0, 0.1) is 0 Å². The molecule has 5 aromatic heterocycles. The van der Waals surface area contributed by atoms with Crippen molar-refractivity contribution in [1.29, 1.82) is 0 Å². The van der Waals surface area contributed by atoms with E-state index in [-0.39, 0.29) is 4.90 Å². The minimum absolute atomic E-state index is 0.204. The zero-order chi connectivity index (χ0) is 22.4. The Hall–Kier alpha value is -4.31. The van der Waals surface area contributed by atoms with Crippen molar-refractivity contribution in [2.45, 2.75) is 11.4 Å². The molecule has 0 aliphatic rings. The van der Waals surface area contributed by atoms with Gasteiger partial charge < -0.3 is 4.98 Å². The Morgan fingerprint density at radius 3 is 2.52 bits per heavy atom. The molecule has 0 fully saturated rings. The summed E-state index contributed by atoms with van der Waals surface area (Å²) in [6.45, 7) is 0.340. The van der Waals surface area contributed by atoms with Gasteiger partial charge in [0, 0.05) is 46.7 Å². The second-order valence-corrected chi connectivity index (χ2v) is 9.36. The maximum Gasteiger partial charge on any atom is 0.269 e. The van der Waals surface area contributed by atoms with Crippen LogP contribution in [0.15, 0.2) is 90.5 Å². The monoisotopic (exact) mass is 455 g/mol. The van der Waals surface area contributed by atoms with Crippen LogP contribution in [0.25, 0.3) is 33.3 Å². The summed E-state index contributed by atoms with van der Waals surface area (Å²) in [5.74, 6) is 0. The Balaban J connectivity index is 1.40. The van der Waals surface area contributed by atoms with E-state index in [1.54, 1.807) is 59.7 Å². The summed E-state index contributed by atoms with van der Waals surface area (Å²) >= 11 is 0. The van der Waals surface area contributed by atoms with Gasteiger partial charge in [0.05, 0.1) is 17.6 Å². The van der Waals surface area contributed by atoms with Gasteiger partial charge in [-0.3, -0.25) is 0 Å². The van der Waals surface area contributed by atoms with Crippen molar-refractivity contribution in [3.05, 3.63) is 91.1 Å². The summed E-state index contributed by atoms with van der Waals surface area (Å²) in [5.41, 5.74) is 3.53. The van der Waals surface area contributed by atoms with E-state index in [1.165, 1.54) is 3.97 Å². The van der Waals surface area contributed by atoms with Crippen LogP contribution in [0.5, 0.6) is 0 Å². The number of aromatic nitrogens is 7. The van der Waals surface area contributed by atoms with Gasteiger partial charge in [0.2, 0.25) is 0 Å². The molecule has 0 unspecified atom stereocenters. The van der Waals surface area contributed by atoms with Crippen LogP contribution in [0.2, 0.25) is 0 Å². The number of fused-ring (bicyclic) bond motifs is 2. The first-order valence-corrected chi connectivity index (χ1v) is 11.6. The number of hydrogen-bond acceptors (Lipinski definition) is 6. The predicted molar refractivity (Wildman–Crippen MR) is 123 cm³/mol. The molecule has 0 saturated carbocycles. The molecule has 0 atom stereocenters. The number of rotatable bonds is 5. The lowest BCUT2D eigenvalue weighted by Gasteiger charge is -2.06. The summed E-state index contributed by atoms with van der Waals surface area (Å²) < 4.78 is 29.5. The molecule has 162 valence electrons. The summed E-state index contributed by atoms with van der Waals surface area (Å²) in [6, 6.07) is 15.8. The molecule has 0 bridgehead atoms. The third-order valence-electron chi connectivity index (χ3n) is 5.51. The molecule has 1 aromatic carbocycles. The number of nitrogens with zero attached hydrogens (tertiary/aromatic N) is 6. The highest BCUT2D eigenvalue weighted by Crippen LogP contribution is 2.27. The Morgan fingerprint density at radius 1 is 0.879 bits per heavy atom. The smallest absolute Gasteiger partial charge is 0.269 e. The van der Waals surface area contributed by atoms with E-state index >= 15 is 0 Å². The van der Waals surface area contributed by atoms with Crippen molar-refractivity contribution in [2.75, 3.05) is 0 Å². The second kappa shape index (κ2) is 7.38. The minimum Gasteiger partial charge on any atom is -0.345 e. The Morgan fingerprint density at radius 2 is 1.67 bits per heavy atom. The third kappa shape index (κ3) is 3.19. The summed E-state index contributed by atoms with van der Waals surface area (Å²) in [7, 11) is -3.79. The van der Waals surface area contributed by atoms with Crippen LogP contribution >= 0.6 is 0 Å². The lowest BCUT2D eigenvalue weighted by atomic mass is 10.2. The van der Waals surface area contributed by atoms with Crippen molar-refractivity contribution in [3.8, 4) is 11.3 Å². The molecular formula is C23H17N7O2S. The van der Waals surface area contributed by atoms with Gasteiger partial charge in [-0.2, -0.15) is 0 Å². The molecule has 0 saturated heterocycles. The zero-order valence-corrected chi connectivity index (χ0v) is 18.0. The Labute approximate surface area is 188 Å². The largest absolute Gasteiger partial charge is 0.345 e. The Kier molecular flexibility index (Phi) is 4.34. The van der Waals surface area contributed by atoms with Crippen molar-refractivity contribution >= 4 is 32.1 Å². The maximum atomic E-state index is 13.3. The lowest BCUT2D eigenvalue weighted by molar-refractivity contribution is 0.588. The van der Waals surface area contributed by atoms with Crippen LogP contribution in [0.1, 0.15) is 5.56 Å². The fraction of sp³-hybridized carbons (Fsp3) is 0.0435. The average Bonchev–Trinajstić information content (AvgIpc) is 3.57. The minimum atomic E-state index is -3.79. The number of nitrogens with one attached hydrogen (secondary N) is 1. The van der Waals surface area contributed by atoms with Gasteiger partial charge in [-0.1, -0.05) is 23.4 Å². The average molecular weight is 456 g/mol. The molecule has 0 radical (unpaired) electrons. The summed E-state index contributed by atoms with van der Waals surface area (Å²) in [6.07, 6.45) is 8.61. The predicted octanol–water partition coefficient (Wildman–Crippen LogP) is 3.46. The van der Waals surface area contributed by atoms with Gasteiger partial charge in [0.15, 0.2) is 5.65 Å². The molecule has 10 heteroatoms. The van der Waals surface area contributed by atoms with Crippen LogP contribution < -0.4 is 0 Å². The van der Waals surface area contributed by atoms with Crippen LogP contribution in [-0.4, -0.2) is 42.3 Å². The highest BCUT2D eigenvalue weighted by Gasteiger charge is 2.22. The molecule has 5 heterocycles. The summed E-state index contributed by atoms with van der Waals surface area (Å²) in [5, 5.41) is 10.3. The van der Waals surface area contributed by atoms with Crippen LogP contribution in [0.3, 0.4) is 0 Å². The van der Waals surface area contributed by atoms with Crippen molar-refractivity contribution in [3.63, 3.8) is 0 Å². The standard InChI is InChI=1S/C23H17N7O2S/c31-33(32,17-6-2-1-3-7-17)30-14-16(18-8-4-11-25-23(18)30)13-29-15-21(27-28-29)20-12-26-22-19(20)9-5-10-24-22/h1-12,14-15H,13H2,(H,24,26). The molecule has 0 aliphatic heterocycles. The number of H-pyrrole nitrogens is 1. The first-order valence-electron chi connectivity index (χ1n) is 10.2. The van der Waals surface area contributed by atoms with Crippen molar-refractivity contribution < 1.29 is 8.42 Å². The van der Waals surface area contributed by atoms with Gasteiger partial charge >= 0.3 is 0 Å². The van der Waals surface area contributed by atoms with Gasteiger partial charge in [0.25, 0.3) is 10.0 Å². The fourth-order valence-corrected chi connectivity index (χ4v) is 5.32. The Bertz CT molecular complexity index is 1720. The first-order chi connectivity index (χ1) is 16.1. The van der Waals surface area contributed by atoms with Crippen LogP contribution in [-0.2, 0) is 16.6 Å². The third-order valence-corrected chi connectivity index (χ3v) is 7.18. The summed E-state index contributed by atoms with van der Waals surface area (Å²) in [4.78, 5) is 12.0. The van der Waals surface area contributed by atoms with Gasteiger partial charge in [-0.25, -0.2) is 27.0 Å². The molecule has 9 nitrogen and oxygen atoms in total. The van der Waals surface area contributed by atoms with E-state index < -0.39 is 10.0 Å². The quantitative estimate of drug-likeness (QED) is 0.426. The first kappa shape index (κ1) is 19.4. The molecule has 1 N–H and O–H groups in total. The fourth-order valence-electron chi connectivity index (χ4n) is 3.95. The number of benzene rings is 1. The van der Waals surface area contributed by atoms with E-state index in [4.69, 9.17) is 0 Å². The highest BCUT2D eigenvalue weighted by molar-refractivity contribution is 7.90. The van der Waals surface area contributed by atoms with E-state index in [9.17, 15) is 8.42 Å². The normalized spacial score (nSPS) is 12.0. The molecule has 0 spiro atoms. The van der Waals surface area contributed by atoms with E-state index in [1.807, 2.05) is 30.6 Å². The number of pyridine rings is 2.